The lowest BCUT2D eigenvalue weighted by atomic mass is 9.99. The number of carbonyl (C=O) groups is 1. The van der Waals surface area contributed by atoms with Gasteiger partial charge in [-0.1, -0.05) is 12.5 Å². The molecule has 126 valence electrons. The van der Waals surface area contributed by atoms with Gasteiger partial charge in [-0.15, -0.1) is 0 Å². The zero-order valence-electron chi connectivity index (χ0n) is 14.1. The number of ether oxygens (including phenoxy) is 1. The number of carbonyl (C=O) groups excluding carboxylic acids is 1. The van der Waals surface area contributed by atoms with Crippen molar-refractivity contribution < 1.29 is 9.53 Å². The van der Waals surface area contributed by atoms with Gasteiger partial charge in [0.05, 0.1) is 18.2 Å². The topological polar surface area (TPSA) is 45.7 Å². The van der Waals surface area contributed by atoms with E-state index in [1.807, 2.05) is 31.0 Å². The Bertz CT molecular complexity index is 512. The van der Waals surface area contributed by atoms with E-state index in [2.05, 4.69) is 16.0 Å². The molecule has 0 unspecified atom stereocenters. The molecule has 2 aliphatic rings. The van der Waals surface area contributed by atoms with Crippen LogP contribution < -0.4 is 0 Å². The molecule has 3 heterocycles. The highest BCUT2D eigenvalue weighted by Crippen LogP contribution is 2.23. The van der Waals surface area contributed by atoms with E-state index in [1.165, 1.54) is 12.0 Å². The Labute approximate surface area is 138 Å². The first-order valence-corrected chi connectivity index (χ1v) is 8.70. The van der Waals surface area contributed by atoms with Crippen LogP contribution in [0.4, 0.5) is 0 Å². The summed E-state index contributed by atoms with van der Waals surface area (Å²) in [6.45, 7) is 7.30. The van der Waals surface area contributed by atoms with Crippen LogP contribution in [0.1, 0.15) is 38.7 Å². The molecule has 0 bridgehead atoms. The van der Waals surface area contributed by atoms with Gasteiger partial charge in [0, 0.05) is 32.0 Å². The van der Waals surface area contributed by atoms with Crippen LogP contribution in [-0.2, 0) is 16.1 Å². The molecule has 0 aromatic carbocycles. The van der Waals surface area contributed by atoms with E-state index in [4.69, 9.17) is 4.74 Å². The first-order chi connectivity index (χ1) is 11.1. The van der Waals surface area contributed by atoms with Crippen LogP contribution in [0.25, 0.3) is 0 Å². The Hall–Kier alpha value is -1.46. The summed E-state index contributed by atoms with van der Waals surface area (Å²) in [7, 11) is 0. The van der Waals surface area contributed by atoms with Gasteiger partial charge < -0.3 is 9.64 Å². The number of pyridine rings is 1. The monoisotopic (exact) mass is 317 g/mol. The smallest absolute Gasteiger partial charge is 0.240 e. The number of hydrogen-bond acceptors (Lipinski definition) is 4. The van der Waals surface area contributed by atoms with E-state index < -0.39 is 0 Å². The van der Waals surface area contributed by atoms with E-state index >= 15 is 0 Å². The largest absolute Gasteiger partial charge is 0.372 e. The number of aromatic nitrogens is 1. The maximum absolute atomic E-state index is 13.1. The summed E-state index contributed by atoms with van der Waals surface area (Å²) in [5.74, 6) is 0.274. The molecule has 2 fully saturated rings. The molecule has 1 amide bonds. The maximum Gasteiger partial charge on any atom is 0.240 e. The van der Waals surface area contributed by atoms with Crippen molar-refractivity contribution in [2.75, 3.05) is 19.6 Å². The number of hydrogen-bond donors (Lipinski definition) is 0. The second-order valence-electron chi connectivity index (χ2n) is 6.84. The average molecular weight is 317 g/mol. The third-order valence-corrected chi connectivity index (χ3v) is 4.74. The Morgan fingerprint density at radius 2 is 2.09 bits per heavy atom. The van der Waals surface area contributed by atoms with Crippen molar-refractivity contribution in [3.05, 3.63) is 30.1 Å². The third kappa shape index (κ3) is 4.09. The second-order valence-corrected chi connectivity index (χ2v) is 6.84. The highest BCUT2D eigenvalue weighted by molar-refractivity contribution is 5.82. The molecule has 1 aromatic heterocycles. The molecular formula is C18H27N3O2. The van der Waals surface area contributed by atoms with Crippen LogP contribution >= 0.6 is 0 Å². The molecule has 1 aromatic rings. The van der Waals surface area contributed by atoms with Gasteiger partial charge in [-0.25, -0.2) is 0 Å². The van der Waals surface area contributed by atoms with Crippen molar-refractivity contribution in [3.8, 4) is 0 Å². The molecule has 2 aliphatic heterocycles. The lowest BCUT2D eigenvalue weighted by molar-refractivity contribution is -0.150. The number of rotatable bonds is 3. The van der Waals surface area contributed by atoms with Crippen molar-refractivity contribution in [2.45, 2.75) is 57.9 Å². The lowest BCUT2D eigenvalue weighted by Crippen LogP contribution is -2.56. The number of nitrogens with zero attached hydrogens (tertiary/aromatic N) is 3. The highest BCUT2D eigenvalue weighted by atomic mass is 16.5. The van der Waals surface area contributed by atoms with Crippen molar-refractivity contribution in [3.63, 3.8) is 0 Å². The van der Waals surface area contributed by atoms with Crippen LogP contribution in [0.15, 0.2) is 24.5 Å². The molecule has 0 radical (unpaired) electrons. The zero-order chi connectivity index (χ0) is 16.2. The van der Waals surface area contributed by atoms with Crippen LogP contribution in [0.2, 0.25) is 0 Å². The SMILES string of the molecule is C[C@@H]1CN(C(=O)[C@H]2CCCCN2Cc2cccnc2)C[C@@H](C)O1. The molecule has 0 spiro atoms. The minimum Gasteiger partial charge on any atom is -0.372 e. The van der Waals surface area contributed by atoms with Crippen molar-refractivity contribution >= 4 is 5.91 Å². The minimum absolute atomic E-state index is 0.00135. The quantitative estimate of drug-likeness (QED) is 0.856. The molecule has 5 nitrogen and oxygen atoms in total. The summed E-state index contributed by atoms with van der Waals surface area (Å²) < 4.78 is 5.76. The summed E-state index contributed by atoms with van der Waals surface area (Å²) >= 11 is 0. The molecular weight excluding hydrogens is 290 g/mol. The van der Waals surface area contributed by atoms with Crippen molar-refractivity contribution in [1.82, 2.24) is 14.8 Å². The summed E-state index contributed by atoms with van der Waals surface area (Å²) in [6, 6.07) is 4.05. The van der Waals surface area contributed by atoms with Gasteiger partial charge in [0.1, 0.15) is 0 Å². The van der Waals surface area contributed by atoms with Crippen molar-refractivity contribution in [2.24, 2.45) is 0 Å². The minimum atomic E-state index is 0.00135. The van der Waals surface area contributed by atoms with Crippen LogP contribution in [0.3, 0.4) is 0 Å². The number of morpholine rings is 1. The van der Waals surface area contributed by atoms with Crippen molar-refractivity contribution in [1.29, 1.82) is 0 Å². The lowest BCUT2D eigenvalue weighted by Gasteiger charge is -2.41. The molecule has 0 saturated carbocycles. The maximum atomic E-state index is 13.1. The van der Waals surface area contributed by atoms with Gasteiger partial charge in [0.2, 0.25) is 5.91 Å². The fourth-order valence-electron chi connectivity index (χ4n) is 3.75. The van der Waals surface area contributed by atoms with Crippen LogP contribution in [0.5, 0.6) is 0 Å². The summed E-state index contributed by atoms with van der Waals surface area (Å²) in [5.41, 5.74) is 1.18. The first-order valence-electron chi connectivity index (χ1n) is 8.70. The van der Waals surface area contributed by atoms with Gasteiger partial charge in [-0.3, -0.25) is 14.7 Å². The Balaban J connectivity index is 1.69. The number of piperidine rings is 1. The second kappa shape index (κ2) is 7.41. The molecule has 2 saturated heterocycles. The standard InChI is InChI=1S/C18H27N3O2/c1-14-11-21(12-15(2)23-14)18(22)17-7-3-4-9-20(17)13-16-6-5-8-19-10-16/h5-6,8,10,14-15,17H,3-4,7,9,11-13H2,1-2H3/t14-,15-,17-/m1/s1. The van der Waals surface area contributed by atoms with E-state index in [1.54, 1.807) is 6.20 Å². The molecule has 0 N–H and O–H groups in total. The van der Waals surface area contributed by atoms with E-state index in [-0.39, 0.29) is 24.2 Å². The Morgan fingerprint density at radius 3 is 2.78 bits per heavy atom. The van der Waals surface area contributed by atoms with Crippen LogP contribution in [0, 0.1) is 0 Å². The van der Waals surface area contributed by atoms with Gasteiger partial charge in [-0.05, 0) is 44.9 Å². The average Bonchev–Trinajstić information content (AvgIpc) is 2.55. The van der Waals surface area contributed by atoms with E-state index in [0.29, 0.717) is 13.1 Å². The molecule has 3 rings (SSSR count). The van der Waals surface area contributed by atoms with Crippen LogP contribution in [-0.4, -0.2) is 58.6 Å². The van der Waals surface area contributed by atoms with Gasteiger partial charge in [0.25, 0.3) is 0 Å². The molecule has 23 heavy (non-hydrogen) atoms. The number of likely N-dealkylation sites (tertiary alicyclic amines) is 1. The fraction of sp³-hybridized carbons (Fsp3) is 0.667. The molecule has 5 heteroatoms. The van der Waals surface area contributed by atoms with Gasteiger partial charge in [0.15, 0.2) is 0 Å². The fourth-order valence-corrected chi connectivity index (χ4v) is 3.75. The third-order valence-electron chi connectivity index (χ3n) is 4.74. The zero-order valence-corrected chi connectivity index (χ0v) is 14.1. The number of amides is 1. The van der Waals surface area contributed by atoms with E-state index in [9.17, 15) is 4.79 Å². The predicted octanol–water partition coefficient (Wildman–Crippen LogP) is 2.07. The highest BCUT2D eigenvalue weighted by Gasteiger charge is 2.35. The predicted molar refractivity (Wildman–Crippen MR) is 88.9 cm³/mol. The summed E-state index contributed by atoms with van der Waals surface area (Å²) in [4.78, 5) is 21.6. The Kier molecular flexibility index (Phi) is 5.28. The molecule has 0 aliphatic carbocycles. The molecule has 3 atom stereocenters. The van der Waals surface area contributed by atoms with E-state index in [0.717, 1.165) is 25.9 Å². The summed E-state index contributed by atoms with van der Waals surface area (Å²) in [6.07, 6.45) is 7.19. The van der Waals surface area contributed by atoms with Gasteiger partial charge >= 0.3 is 0 Å². The normalized spacial score (nSPS) is 29.5. The Morgan fingerprint density at radius 1 is 1.30 bits per heavy atom. The summed E-state index contributed by atoms with van der Waals surface area (Å²) in [5, 5.41) is 0. The first kappa shape index (κ1) is 16.4. The van der Waals surface area contributed by atoms with Gasteiger partial charge in [-0.2, -0.15) is 0 Å².